The maximum Gasteiger partial charge on any atom is 0.225 e. The van der Waals surface area contributed by atoms with Crippen molar-refractivity contribution in [2.45, 2.75) is 58.8 Å². The second-order valence-corrected chi connectivity index (χ2v) is 6.75. The Morgan fingerprint density at radius 2 is 1.86 bits per heavy atom. The van der Waals surface area contributed by atoms with Gasteiger partial charge in [-0.1, -0.05) is 44.9 Å². The zero-order chi connectivity index (χ0) is 15.9. The molecule has 1 amide bonds. The lowest BCUT2D eigenvalue weighted by atomic mass is 9.98. The number of aryl methyl sites for hydroxylation is 1. The predicted molar refractivity (Wildman–Crippen MR) is 93.4 cm³/mol. The number of likely N-dealkylation sites (tertiary alicyclic amines) is 1. The Kier molecular flexibility index (Phi) is 6.44. The molecule has 1 N–H and O–H groups in total. The zero-order valence-electron chi connectivity index (χ0n) is 14.3. The summed E-state index contributed by atoms with van der Waals surface area (Å²) in [5, 5.41) is 3.15. The Labute approximate surface area is 135 Å². The number of rotatable bonds is 5. The highest BCUT2D eigenvalue weighted by Crippen LogP contribution is 2.27. The molecule has 0 aromatic heterocycles. The van der Waals surface area contributed by atoms with Crippen LogP contribution in [0.2, 0.25) is 0 Å². The molecule has 0 saturated carbocycles. The average molecular weight is 302 g/mol. The lowest BCUT2D eigenvalue weighted by molar-refractivity contribution is -0.116. The van der Waals surface area contributed by atoms with Gasteiger partial charge in [0.05, 0.1) is 0 Å². The van der Waals surface area contributed by atoms with Gasteiger partial charge >= 0.3 is 0 Å². The minimum atomic E-state index is 0.139. The Hall–Kier alpha value is -1.35. The van der Waals surface area contributed by atoms with Gasteiger partial charge in [-0.05, 0) is 49.9 Å². The van der Waals surface area contributed by atoms with Gasteiger partial charge in [0.2, 0.25) is 5.91 Å². The summed E-state index contributed by atoms with van der Waals surface area (Å²) in [5.41, 5.74) is 3.39. The fraction of sp³-hybridized carbons (Fsp3) is 0.632. The van der Waals surface area contributed by atoms with Crippen molar-refractivity contribution in [1.29, 1.82) is 0 Å². The van der Waals surface area contributed by atoms with E-state index in [0.717, 1.165) is 30.9 Å². The maximum atomic E-state index is 12.3. The number of nitrogens with zero attached hydrogens (tertiary/aromatic N) is 1. The van der Waals surface area contributed by atoms with E-state index in [4.69, 9.17) is 0 Å². The van der Waals surface area contributed by atoms with E-state index >= 15 is 0 Å². The van der Waals surface area contributed by atoms with Crippen molar-refractivity contribution in [3.05, 3.63) is 29.3 Å². The van der Waals surface area contributed by atoms with Gasteiger partial charge in [0, 0.05) is 18.7 Å². The third-order valence-electron chi connectivity index (χ3n) is 4.55. The Morgan fingerprint density at radius 3 is 2.50 bits per heavy atom. The van der Waals surface area contributed by atoms with Crippen LogP contribution in [0.1, 0.15) is 63.0 Å². The van der Waals surface area contributed by atoms with E-state index in [9.17, 15) is 4.79 Å². The number of hydrogen-bond donors (Lipinski definition) is 1. The molecule has 1 aromatic rings. The van der Waals surface area contributed by atoms with Crippen LogP contribution in [0.4, 0.5) is 5.69 Å². The smallest absolute Gasteiger partial charge is 0.225 e. The predicted octanol–water partition coefficient (Wildman–Crippen LogP) is 4.32. The quantitative estimate of drug-likeness (QED) is 0.878. The van der Waals surface area contributed by atoms with Gasteiger partial charge in [0.15, 0.2) is 0 Å². The Bertz CT molecular complexity index is 488. The van der Waals surface area contributed by atoms with Crippen molar-refractivity contribution in [2.24, 2.45) is 0 Å². The molecule has 0 atom stereocenters. The van der Waals surface area contributed by atoms with E-state index in [1.807, 2.05) is 0 Å². The van der Waals surface area contributed by atoms with Crippen LogP contribution in [0.3, 0.4) is 0 Å². The second kappa shape index (κ2) is 8.33. The first-order chi connectivity index (χ1) is 10.6. The first-order valence-corrected chi connectivity index (χ1v) is 8.69. The van der Waals surface area contributed by atoms with Gasteiger partial charge in [0.25, 0.3) is 0 Å². The largest absolute Gasteiger partial charge is 0.326 e. The number of amides is 1. The molecule has 1 aliphatic rings. The van der Waals surface area contributed by atoms with Crippen molar-refractivity contribution in [3.8, 4) is 0 Å². The van der Waals surface area contributed by atoms with Gasteiger partial charge < -0.3 is 10.2 Å². The lowest BCUT2D eigenvalue weighted by Gasteiger charge is -2.20. The number of hydrogen-bond acceptors (Lipinski definition) is 2. The van der Waals surface area contributed by atoms with E-state index in [0.29, 0.717) is 12.3 Å². The first-order valence-electron chi connectivity index (χ1n) is 8.69. The van der Waals surface area contributed by atoms with E-state index in [1.165, 1.54) is 31.2 Å². The third kappa shape index (κ3) is 4.84. The maximum absolute atomic E-state index is 12.3. The van der Waals surface area contributed by atoms with Crippen LogP contribution >= 0.6 is 0 Å². The summed E-state index contributed by atoms with van der Waals surface area (Å²) in [5.74, 6) is 0.557. The van der Waals surface area contributed by atoms with Crippen LogP contribution in [-0.2, 0) is 4.79 Å². The summed E-state index contributed by atoms with van der Waals surface area (Å²) in [6, 6.07) is 6.25. The van der Waals surface area contributed by atoms with Crippen LogP contribution in [-0.4, -0.2) is 30.4 Å². The summed E-state index contributed by atoms with van der Waals surface area (Å²) in [4.78, 5) is 14.8. The highest BCUT2D eigenvalue weighted by molar-refractivity contribution is 5.92. The second-order valence-electron chi connectivity index (χ2n) is 6.75. The van der Waals surface area contributed by atoms with Crippen molar-refractivity contribution in [1.82, 2.24) is 4.90 Å². The third-order valence-corrected chi connectivity index (χ3v) is 4.55. The van der Waals surface area contributed by atoms with Gasteiger partial charge in [-0.25, -0.2) is 0 Å². The highest BCUT2D eigenvalue weighted by atomic mass is 16.1. The van der Waals surface area contributed by atoms with Crippen molar-refractivity contribution < 1.29 is 4.79 Å². The fourth-order valence-corrected chi connectivity index (χ4v) is 3.16. The van der Waals surface area contributed by atoms with Gasteiger partial charge in [0.1, 0.15) is 0 Å². The molecule has 1 fully saturated rings. The molecule has 1 saturated heterocycles. The fourth-order valence-electron chi connectivity index (χ4n) is 3.16. The lowest BCUT2D eigenvalue weighted by Crippen LogP contribution is -2.29. The molecule has 22 heavy (non-hydrogen) atoms. The topological polar surface area (TPSA) is 32.3 Å². The van der Waals surface area contributed by atoms with Gasteiger partial charge in [-0.3, -0.25) is 4.79 Å². The molecule has 0 aliphatic carbocycles. The van der Waals surface area contributed by atoms with E-state index in [1.54, 1.807) is 0 Å². The molecule has 122 valence electrons. The number of carbonyl (C=O) groups excluding carboxylic acids is 1. The average Bonchev–Trinajstić information content (AvgIpc) is 2.75. The minimum absolute atomic E-state index is 0.139. The molecule has 3 nitrogen and oxygen atoms in total. The van der Waals surface area contributed by atoms with Crippen LogP contribution in [0, 0.1) is 6.92 Å². The van der Waals surface area contributed by atoms with Crippen molar-refractivity contribution in [2.75, 3.05) is 25.0 Å². The van der Waals surface area contributed by atoms with Crippen LogP contribution in [0.5, 0.6) is 0 Å². The minimum Gasteiger partial charge on any atom is -0.326 e. The summed E-state index contributed by atoms with van der Waals surface area (Å²) < 4.78 is 0. The summed E-state index contributed by atoms with van der Waals surface area (Å²) >= 11 is 0. The number of benzene rings is 1. The molecule has 3 heteroatoms. The Balaban J connectivity index is 1.91. The zero-order valence-corrected chi connectivity index (χ0v) is 14.3. The first kappa shape index (κ1) is 17.0. The molecular formula is C19H30N2O. The number of para-hydroxylation sites is 1. The molecule has 1 aliphatic heterocycles. The Morgan fingerprint density at radius 1 is 1.18 bits per heavy atom. The van der Waals surface area contributed by atoms with Crippen LogP contribution in [0.15, 0.2) is 18.2 Å². The number of carbonyl (C=O) groups is 1. The normalized spacial score (nSPS) is 16.5. The summed E-state index contributed by atoms with van der Waals surface area (Å²) in [6.07, 6.45) is 5.81. The standard InChI is InChI=1S/C19H30N2O/c1-15(2)17-10-8-9-16(3)19(17)20-18(22)11-14-21-12-6-4-5-7-13-21/h8-10,15H,4-7,11-14H2,1-3H3,(H,20,22). The number of nitrogens with one attached hydrogen (secondary N) is 1. The molecular weight excluding hydrogens is 272 g/mol. The summed E-state index contributed by atoms with van der Waals surface area (Å²) in [7, 11) is 0. The SMILES string of the molecule is Cc1cccc(C(C)C)c1NC(=O)CCN1CCCCCC1. The molecule has 0 spiro atoms. The monoisotopic (exact) mass is 302 g/mol. The van der Waals surface area contributed by atoms with E-state index in [2.05, 4.69) is 49.2 Å². The molecule has 0 unspecified atom stereocenters. The molecule has 0 radical (unpaired) electrons. The van der Waals surface area contributed by atoms with Crippen LogP contribution in [0.25, 0.3) is 0 Å². The highest BCUT2D eigenvalue weighted by Gasteiger charge is 2.14. The summed E-state index contributed by atoms with van der Waals surface area (Å²) in [6.45, 7) is 9.58. The molecule has 0 bridgehead atoms. The van der Waals surface area contributed by atoms with Crippen molar-refractivity contribution in [3.63, 3.8) is 0 Å². The molecule has 2 rings (SSSR count). The number of anilines is 1. The van der Waals surface area contributed by atoms with Crippen molar-refractivity contribution >= 4 is 11.6 Å². The molecule has 1 aromatic carbocycles. The van der Waals surface area contributed by atoms with Gasteiger partial charge in [-0.2, -0.15) is 0 Å². The van der Waals surface area contributed by atoms with Gasteiger partial charge in [-0.15, -0.1) is 0 Å². The van der Waals surface area contributed by atoms with Crippen LogP contribution < -0.4 is 5.32 Å². The van der Waals surface area contributed by atoms with E-state index in [-0.39, 0.29) is 5.91 Å². The van der Waals surface area contributed by atoms with E-state index < -0.39 is 0 Å². The molecule has 1 heterocycles.